The summed E-state index contributed by atoms with van der Waals surface area (Å²) in [4.78, 5) is 22.2. The quantitative estimate of drug-likeness (QED) is 0.452. The first-order chi connectivity index (χ1) is 16.2. The molecule has 5 aromatic rings. The van der Waals surface area contributed by atoms with E-state index in [4.69, 9.17) is 5.10 Å². The van der Waals surface area contributed by atoms with Gasteiger partial charge >= 0.3 is 0 Å². The van der Waals surface area contributed by atoms with Gasteiger partial charge in [0, 0.05) is 60.0 Å². The number of rotatable bonds is 3. The summed E-state index contributed by atoms with van der Waals surface area (Å²) in [7, 11) is 0. The Balaban J connectivity index is 1.42. The Morgan fingerprint density at radius 2 is 1.73 bits per heavy atom. The fraction of sp³-hybridized carbons (Fsp3) is 0.192. The highest BCUT2D eigenvalue weighted by atomic mass is 16.1. The minimum Gasteiger partial charge on any atom is -0.369 e. The Kier molecular flexibility index (Phi) is 4.69. The van der Waals surface area contributed by atoms with E-state index in [2.05, 4.69) is 50.5 Å². The van der Waals surface area contributed by atoms with Gasteiger partial charge in [0.15, 0.2) is 5.65 Å². The molecular formula is C26H24N6O. The molecule has 2 aromatic carbocycles. The zero-order valence-electron chi connectivity index (χ0n) is 18.4. The standard InChI is InChI=1S/C26H24N6O/c1-17-21(18-6-8-19(9-7-18)31-12-10-27-11-13-31)14-25-28-16-24(32(25)30-17)22-15-26(33)29-23-5-3-2-4-20(22)23/h2-9,14-16,27H,10-13H2,1H3,(H,29,33). The number of para-hydroxylation sites is 1. The largest absolute Gasteiger partial charge is 0.369 e. The van der Waals surface area contributed by atoms with E-state index in [0.29, 0.717) is 0 Å². The molecule has 0 spiro atoms. The van der Waals surface area contributed by atoms with Gasteiger partial charge in [-0.25, -0.2) is 9.50 Å². The number of hydrogen-bond donors (Lipinski definition) is 2. The molecule has 1 fully saturated rings. The van der Waals surface area contributed by atoms with Crippen molar-refractivity contribution < 1.29 is 0 Å². The van der Waals surface area contributed by atoms with Gasteiger partial charge < -0.3 is 15.2 Å². The van der Waals surface area contributed by atoms with E-state index in [1.165, 1.54) is 5.69 Å². The lowest BCUT2D eigenvalue weighted by Crippen LogP contribution is -2.43. The lowest BCUT2D eigenvalue weighted by atomic mass is 10.0. The molecule has 0 radical (unpaired) electrons. The second kappa shape index (κ2) is 7.86. The normalized spacial score (nSPS) is 14.3. The number of hydrogen-bond acceptors (Lipinski definition) is 5. The molecule has 3 aromatic heterocycles. The highest BCUT2D eigenvalue weighted by molar-refractivity contribution is 5.93. The maximum atomic E-state index is 12.3. The summed E-state index contributed by atoms with van der Waals surface area (Å²) in [6, 6.07) is 20.2. The summed E-state index contributed by atoms with van der Waals surface area (Å²) in [6.07, 6.45) is 1.79. The molecule has 7 heteroatoms. The Labute approximate surface area is 190 Å². The minimum atomic E-state index is -0.142. The van der Waals surface area contributed by atoms with Crippen LogP contribution in [0.25, 0.3) is 38.9 Å². The Morgan fingerprint density at radius 1 is 0.939 bits per heavy atom. The molecule has 6 rings (SSSR count). The highest BCUT2D eigenvalue weighted by Crippen LogP contribution is 2.30. The van der Waals surface area contributed by atoms with Crippen LogP contribution in [0.3, 0.4) is 0 Å². The van der Waals surface area contributed by atoms with Gasteiger partial charge in [-0.15, -0.1) is 0 Å². The van der Waals surface area contributed by atoms with Crippen molar-refractivity contribution in [1.82, 2.24) is 24.9 Å². The first kappa shape index (κ1) is 19.7. The van der Waals surface area contributed by atoms with Crippen LogP contribution in [0.1, 0.15) is 5.69 Å². The molecule has 1 aliphatic rings. The summed E-state index contributed by atoms with van der Waals surface area (Å²) in [5.74, 6) is 0. The molecule has 0 aliphatic carbocycles. The van der Waals surface area contributed by atoms with Gasteiger partial charge in [0.05, 0.1) is 17.6 Å². The zero-order chi connectivity index (χ0) is 22.4. The second-order valence-electron chi connectivity index (χ2n) is 8.43. The van der Waals surface area contributed by atoms with Crippen molar-refractivity contribution in [1.29, 1.82) is 0 Å². The first-order valence-corrected chi connectivity index (χ1v) is 11.2. The molecule has 0 unspecified atom stereocenters. The summed E-state index contributed by atoms with van der Waals surface area (Å²) in [6.45, 7) is 6.11. The Bertz CT molecular complexity index is 1530. The number of nitrogens with zero attached hydrogens (tertiary/aromatic N) is 4. The van der Waals surface area contributed by atoms with Crippen LogP contribution in [-0.2, 0) is 0 Å². The molecule has 0 amide bonds. The van der Waals surface area contributed by atoms with E-state index >= 15 is 0 Å². The summed E-state index contributed by atoms with van der Waals surface area (Å²) in [5, 5.41) is 9.22. The van der Waals surface area contributed by atoms with Crippen LogP contribution in [0, 0.1) is 6.92 Å². The fourth-order valence-electron chi connectivity index (χ4n) is 4.67. The van der Waals surface area contributed by atoms with Crippen molar-refractivity contribution in [2.45, 2.75) is 6.92 Å². The third-order valence-electron chi connectivity index (χ3n) is 6.36. The SMILES string of the molecule is Cc1nn2c(-c3cc(=O)[nH]c4ccccc34)cnc2cc1-c1ccc(N2CCNCC2)cc1. The van der Waals surface area contributed by atoms with Crippen molar-refractivity contribution in [3.05, 3.63) is 82.9 Å². The van der Waals surface area contributed by atoms with Crippen molar-refractivity contribution in [3.8, 4) is 22.4 Å². The van der Waals surface area contributed by atoms with Crippen LogP contribution < -0.4 is 15.8 Å². The van der Waals surface area contributed by atoms with Gasteiger partial charge in [0.25, 0.3) is 0 Å². The van der Waals surface area contributed by atoms with Gasteiger partial charge in [0.2, 0.25) is 5.56 Å². The lowest BCUT2D eigenvalue weighted by molar-refractivity contribution is 0.589. The summed E-state index contributed by atoms with van der Waals surface area (Å²) < 4.78 is 1.83. The summed E-state index contributed by atoms with van der Waals surface area (Å²) in [5.41, 5.74) is 7.36. The van der Waals surface area contributed by atoms with E-state index in [9.17, 15) is 4.79 Å². The number of aromatic amines is 1. The van der Waals surface area contributed by atoms with Crippen LogP contribution >= 0.6 is 0 Å². The van der Waals surface area contributed by atoms with E-state index in [-0.39, 0.29) is 5.56 Å². The Morgan fingerprint density at radius 3 is 2.55 bits per heavy atom. The van der Waals surface area contributed by atoms with Crippen molar-refractivity contribution in [3.63, 3.8) is 0 Å². The molecule has 1 saturated heterocycles. The smallest absolute Gasteiger partial charge is 0.249 e. The van der Waals surface area contributed by atoms with Crippen molar-refractivity contribution >= 4 is 22.2 Å². The lowest BCUT2D eigenvalue weighted by Gasteiger charge is -2.29. The second-order valence-corrected chi connectivity index (χ2v) is 8.43. The maximum absolute atomic E-state index is 12.3. The molecule has 4 heterocycles. The number of imidazole rings is 1. The molecule has 1 aliphatic heterocycles. The molecule has 33 heavy (non-hydrogen) atoms. The average Bonchev–Trinajstić information content (AvgIpc) is 3.26. The van der Waals surface area contributed by atoms with Gasteiger partial charge in [-0.2, -0.15) is 5.10 Å². The van der Waals surface area contributed by atoms with Crippen LogP contribution in [0.5, 0.6) is 0 Å². The number of pyridine rings is 1. The molecule has 164 valence electrons. The van der Waals surface area contributed by atoms with Gasteiger partial charge in [-0.1, -0.05) is 30.3 Å². The number of anilines is 1. The molecule has 0 bridgehead atoms. The van der Waals surface area contributed by atoms with Crippen LogP contribution in [0.2, 0.25) is 0 Å². The third-order valence-corrected chi connectivity index (χ3v) is 6.36. The van der Waals surface area contributed by atoms with Crippen LogP contribution in [0.4, 0.5) is 5.69 Å². The monoisotopic (exact) mass is 436 g/mol. The molecular weight excluding hydrogens is 412 g/mol. The zero-order valence-corrected chi connectivity index (χ0v) is 18.4. The third kappa shape index (κ3) is 3.47. The minimum absolute atomic E-state index is 0.142. The van der Waals surface area contributed by atoms with E-state index in [0.717, 1.165) is 70.8 Å². The van der Waals surface area contributed by atoms with Crippen LogP contribution in [0.15, 0.2) is 71.7 Å². The van der Waals surface area contributed by atoms with Crippen molar-refractivity contribution in [2.75, 3.05) is 31.1 Å². The van der Waals surface area contributed by atoms with Crippen molar-refractivity contribution in [2.24, 2.45) is 0 Å². The number of nitrogens with one attached hydrogen (secondary N) is 2. The topological polar surface area (TPSA) is 78.3 Å². The maximum Gasteiger partial charge on any atom is 0.249 e. The van der Waals surface area contributed by atoms with E-state index < -0.39 is 0 Å². The molecule has 0 saturated carbocycles. The van der Waals surface area contributed by atoms with E-state index in [1.807, 2.05) is 35.7 Å². The van der Waals surface area contributed by atoms with Gasteiger partial charge in [0.1, 0.15) is 0 Å². The predicted octanol–water partition coefficient (Wildman–Crippen LogP) is 3.62. The molecule has 7 nitrogen and oxygen atoms in total. The average molecular weight is 437 g/mol. The predicted molar refractivity (Wildman–Crippen MR) is 132 cm³/mol. The number of fused-ring (bicyclic) bond motifs is 2. The fourth-order valence-corrected chi connectivity index (χ4v) is 4.67. The Hall–Kier alpha value is -3.97. The number of benzene rings is 2. The van der Waals surface area contributed by atoms with Crippen LogP contribution in [-0.4, -0.2) is 45.8 Å². The van der Waals surface area contributed by atoms with E-state index in [1.54, 1.807) is 12.3 Å². The highest BCUT2D eigenvalue weighted by Gasteiger charge is 2.15. The first-order valence-electron chi connectivity index (χ1n) is 11.2. The number of piperazine rings is 1. The number of H-pyrrole nitrogens is 1. The van der Waals surface area contributed by atoms with Gasteiger partial charge in [-0.3, -0.25) is 4.79 Å². The number of aryl methyl sites for hydroxylation is 1. The molecule has 0 atom stereocenters. The summed E-state index contributed by atoms with van der Waals surface area (Å²) >= 11 is 0. The van der Waals surface area contributed by atoms with Gasteiger partial charge in [-0.05, 0) is 36.8 Å². The molecule has 2 N–H and O–H groups in total. The number of aromatic nitrogens is 4.